The molecule has 3 N–H and O–H groups in total. The zero-order chi connectivity index (χ0) is 20.4. The Morgan fingerprint density at radius 2 is 1.79 bits per heavy atom. The van der Waals surface area contributed by atoms with Crippen LogP contribution in [0.3, 0.4) is 0 Å². The van der Waals surface area contributed by atoms with Crippen LogP contribution in [0.25, 0.3) is 0 Å². The number of anilines is 1. The van der Waals surface area contributed by atoms with Crippen molar-refractivity contribution < 1.29 is 22.8 Å². The minimum Gasteiger partial charge on any atom is -0.345 e. The quantitative estimate of drug-likeness (QED) is 0.694. The number of hydrogen-bond donors (Lipinski definition) is 3. The van der Waals surface area contributed by atoms with E-state index in [4.69, 9.17) is 0 Å². The molecule has 1 aromatic carbocycles. The maximum absolute atomic E-state index is 12.1. The standard InChI is InChI=1S/C18H18F3N5O2/c1-11-4-2-5-13(8-11)17(6-3-7-17)24-16-22-9-12(10-23-16)14(27)25-26-15(28)18(19,20)21/h2,4-5,8-10H,3,6-7H2,1H3,(H,25,27)(H,26,28)(H,22,23,24). The molecule has 1 saturated carbocycles. The number of nitrogens with zero attached hydrogens (tertiary/aromatic N) is 2. The minimum absolute atomic E-state index is 0.0914. The normalized spacial score (nSPS) is 15.3. The number of alkyl halides is 3. The zero-order valence-electron chi connectivity index (χ0n) is 14.9. The third kappa shape index (κ3) is 4.21. The van der Waals surface area contributed by atoms with E-state index in [1.165, 1.54) is 17.8 Å². The summed E-state index contributed by atoms with van der Waals surface area (Å²) in [6.45, 7) is 2.01. The van der Waals surface area contributed by atoms with E-state index in [2.05, 4.69) is 21.4 Å². The Hall–Kier alpha value is -3.17. The maximum atomic E-state index is 12.1. The van der Waals surface area contributed by atoms with Crippen molar-refractivity contribution in [1.29, 1.82) is 0 Å². The number of rotatable bonds is 4. The summed E-state index contributed by atoms with van der Waals surface area (Å²) in [6, 6.07) is 8.12. The number of aryl methyl sites for hydroxylation is 1. The zero-order valence-corrected chi connectivity index (χ0v) is 14.9. The highest BCUT2D eigenvalue weighted by Gasteiger charge is 2.40. The molecule has 148 valence electrons. The van der Waals surface area contributed by atoms with Gasteiger partial charge in [-0.2, -0.15) is 13.2 Å². The van der Waals surface area contributed by atoms with Crippen molar-refractivity contribution >= 4 is 17.8 Å². The third-order valence-electron chi connectivity index (χ3n) is 4.59. The summed E-state index contributed by atoms with van der Waals surface area (Å²) in [7, 11) is 0. The van der Waals surface area contributed by atoms with Crippen LogP contribution in [-0.4, -0.2) is 28.0 Å². The molecule has 0 saturated heterocycles. The van der Waals surface area contributed by atoms with Crippen LogP contribution in [0.1, 0.15) is 40.7 Å². The number of carbonyl (C=O) groups is 2. The average molecular weight is 393 g/mol. The average Bonchev–Trinajstić information content (AvgIpc) is 2.62. The number of carbonyl (C=O) groups excluding carboxylic acids is 2. The number of aromatic nitrogens is 2. The smallest absolute Gasteiger partial charge is 0.345 e. The van der Waals surface area contributed by atoms with E-state index in [1.807, 2.05) is 25.1 Å². The molecule has 2 amide bonds. The lowest BCUT2D eigenvalue weighted by atomic mass is 9.71. The van der Waals surface area contributed by atoms with Crippen molar-refractivity contribution in [2.24, 2.45) is 0 Å². The van der Waals surface area contributed by atoms with Gasteiger partial charge in [-0.1, -0.05) is 29.8 Å². The summed E-state index contributed by atoms with van der Waals surface area (Å²) in [6.07, 6.45) is 0.127. The monoisotopic (exact) mass is 393 g/mol. The molecule has 2 aromatic rings. The number of hydrogen-bond acceptors (Lipinski definition) is 5. The van der Waals surface area contributed by atoms with Crippen LogP contribution in [0.15, 0.2) is 36.7 Å². The van der Waals surface area contributed by atoms with E-state index < -0.39 is 18.0 Å². The first-order valence-electron chi connectivity index (χ1n) is 8.54. The van der Waals surface area contributed by atoms with E-state index in [0.717, 1.165) is 30.4 Å². The van der Waals surface area contributed by atoms with Crippen LogP contribution in [0.2, 0.25) is 0 Å². The molecule has 1 fully saturated rings. The lowest BCUT2D eigenvalue weighted by Gasteiger charge is -2.43. The topological polar surface area (TPSA) is 96.0 Å². The minimum atomic E-state index is -5.09. The van der Waals surface area contributed by atoms with Crippen molar-refractivity contribution in [2.75, 3.05) is 5.32 Å². The van der Waals surface area contributed by atoms with Crippen molar-refractivity contribution in [3.63, 3.8) is 0 Å². The van der Waals surface area contributed by atoms with Gasteiger partial charge in [0.1, 0.15) is 0 Å². The fourth-order valence-corrected chi connectivity index (χ4v) is 2.94. The van der Waals surface area contributed by atoms with Gasteiger partial charge in [-0.25, -0.2) is 9.97 Å². The molecule has 7 nitrogen and oxygen atoms in total. The number of halogens is 3. The Labute approximate surface area is 158 Å². The molecular formula is C18H18F3N5O2. The Morgan fingerprint density at radius 1 is 1.11 bits per heavy atom. The second kappa shape index (κ2) is 7.45. The van der Waals surface area contributed by atoms with Gasteiger partial charge in [0.15, 0.2) is 0 Å². The van der Waals surface area contributed by atoms with Gasteiger partial charge in [-0.15, -0.1) is 0 Å². The lowest BCUT2D eigenvalue weighted by molar-refractivity contribution is -0.174. The first-order chi connectivity index (χ1) is 13.2. The van der Waals surface area contributed by atoms with Gasteiger partial charge >= 0.3 is 12.1 Å². The second-order valence-electron chi connectivity index (χ2n) is 6.63. The first kappa shape index (κ1) is 19.6. The van der Waals surface area contributed by atoms with Crippen LogP contribution in [0, 0.1) is 6.92 Å². The lowest BCUT2D eigenvalue weighted by Crippen LogP contribution is -2.47. The van der Waals surface area contributed by atoms with Crippen molar-refractivity contribution in [1.82, 2.24) is 20.8 Å². The van der Waals surface area contributed by atoms with Gasteiger partial charge in [0, 0.05) is 12.4 Å². The van der Waals surface area contributed by atoms with E-state index in [-0.39, 0.29) is 11.1 Å². The Balaban J connectivity index is 1.66. The summed E-state index contributed by atoms with van der Waals surface area (Å²) in [5.41, 5.74) is 4.84. The van der Waals surface area contributed by atoms with Crippen molar-refractivity contribution in [3.05, 3.63) is 53.3 Å². The molecule has 28 heavy (non-hydrogen) atoms. The van der Waals surface area contributed by atoms with Crippen LogP contribution in [0.4, 0.5) is 19.1 Å². The highest BCUT2D eigenvalue weighted by molar-refractivity contribution is 5.95. The van der Waals surface area contributed by atoms with Crippen LogP contribution < -0.4 is 16.2 Å². The van der Waals surface area contributed by atoms with Gasteiger partial charge < -0.3 is 5.32 Å². The molecule has 0 bridgehead atoms. The van der Waals surface area contributed by atoms with E-state index in [9.17, 15) is 22.8 Å². The van der Waals surface area contributed by atoms with Crippen LogP contribution >= 0.6 is 0 Å². The number of amides is 2. The molecule has 0 spiro atoms. The SMILES string of the molecule is Cc1cccc(C2(Nc3ncc(C(=O)NNC(=O)C(F)(F)F)cn3)CCC2)c1. The van der Waals surface area contributed by atoms with Crippen molar-refractivity contribution in [2.45, 2.75) is 37.9 Å². The van der Waals surface area contributed by atoms with Gasteiger partial charge in [0.05, 0.1) is 11.1 Å². The molecule has 1 aliphatic rings. The molecule has 3 rings (SSSR count). The van der Waals surface area contributed by atoms with Gasteiger partial charge in [0.2, 0.25) is 5.95 Å². The molecule has 0 unspecified atom stereocenters. The van der Waals surface area contributed by atoms with Gasteiger partial charge in [0.25, 0.3) is 5.91 Å². The summed E-state index contributed by atoms with van der Waals surface area (Å²) >= 11 is 0. The highest BCUT2D eigenvalue weighted by Crippen LogP contribution is 2.43. The molecule has 1 aromatic heterocycles. The Bertz CT molecular complexity index is 880. The van der Waals surface area contributed by atoms with Crippen LogP contribution in [0.5, 0.6) is 0 Å². The second-order valence-corrected chi connectivity index (χ2v) is 6.63. The van der Waals surface area contributed by atoms with E-state index in [1.54, 1.807) is 5.43 Å². The summed E-state index contributed by atoms with van der Waals surface area (Å²) in [4.78, 5) is 30.7. The highest BCUT2D eigenvalue weighted by atomic mass is 19.4. The fourth-order valence-electron chi connectivity index (χ4n) is 2.94. The number of nitrogens with one attached hydrogen (secondary N) is 3. The van der Waals surface area contributed by atoms with Crippen molar-refractivity contribution in [3.8, 4) is 0 Å². The number of benzene rings is 1. The molecule has 1 heterocycles. The van der Waals surface area contributed by atoms with Gasteiger partial charge in [-0.05, 0) is 31.7 Å². The largest absolute Gasteiger partial charge is 0.472 e. The molecule has 0 atom stereocenters. The van der Waals surface area contributed by atoms with Gasteiger partial charge in [-0.3, -0.25) is 20.4 Å². The van der Waals surface area contributed by atoms with Crippen LogP contribution in [-0.2, 0) is 10.3 Å². The molecule has 0 radical (unpaired) electrons. The van der Waals surface area contributed by atoms with E-state index in [0.29, 0.717) is 5.95 Å². The molecular weight excluding hydrogens is 375 g/mol. The Morgan fingerprint density at radius 3 is 2.32 bits per heavy atom. The molecule has 0 aliphatic heterocycles. The molecule has 10 heteroatoms. The summed E-state index contributed by atoms with van der Waals surface area (Å²) in [5, 5.41) is 3.30. The fraction of sp³-hybridized carbons (Fsp3) is 0.333. The molecule has 1 aliphatic carbocycles. The summed E-state index contributed by atoms with van der Waals surface area (Å²) < 4.78 is 36.4. The summed E-state index contributed by atoms with van der Waals surface area (Å²) in [5.74, 6) is -2.93. The number of hydrazine groups is 1. The van der Waals surface area contributed by atoms with E-state index >= 15 is 0 Å². The first-order valence-corrected chi connectivity index (χ1v) is 8.54. The predicted molar refractivity (Wildman–Crippen MR) is 94.0 cm³/mol. The Kier molecular flexibility index (Phi) is 5.21. The maximum Gasteiger partial charge on any atom is 0.472 e. The predicted octanol–water partition coefficient (Wildman–Crippen LogP) is 2.60. The third-order valence-corrected chi connectivity index (χ3v) is 4.59.